The highest BCUT2D eigenvalue weighted by atomic mass is 16.5. The molecular weight excluding hydrogens is 372 g/mol. The maximum Gasteiger partial charge on any atom is 0.226 e. The molecule has 0 saturated heterocycles. The SMILES string of the molecule is Cc1ccc(C2=C[C@@H](c3cccc(OCc4ccccc4)c3)n3ncnc3N2)cc1. The number of allylic oxidation sites excluding steroid dienone is 1. The van der Waals surface area contributed by atoms with Crippen molar-refractivity contribution in [2.75, 3.05) is 5.32 Å². The molecule has 1 atom stereocenters. The average Bonchev–Trinajstić information content (AvgIpc) is 3.27. The molecule has 1 aliphatic rings. The van der Waals surface area contributed by atoms with Gasteiger partial charge < -0.3 is 10.1 Å². The summed E-state index contributed by atoms with van der Waals surface area (Å²) in [5.41, 5.74) is 5.62. The van der Waals surface area contributed by atoms with Crippen molar-refractivity contribution in [2.24, 2.45) is 0 Å². The van der Waals surface area contributed by atoms with E-state index in [1.165, 1.54) is 5.56 Å². The van der Waals surface area contributed by atoms with Gasteiger partial charge in [0.1, 0.15) is 24.7 Å². The maximum atomic E-state index is 6.04. The quantitative estimate of drug-likeness (QED) is 0.504. The Morgan fingerprint density at radius 2 is 1.80 bits per heavy atom. The largest absolute Gasteiger partial charge is 0.489 e. The fourth-order valence-electron chi connectivity index (χ4n) is 3.60. The minimum Gasteiger partial charge on any atom is -0.489 e. The molecule has 5 heteroatoms. The lowest BCUT2D eigenvalue weighted by atomic mass is 10.0. The normalized spacial score (nSPS) is 15.1. The Kier molecular flexibility index (Phi) is 4.77. The van der Waals surface area contributed by atoms with Gasteiger partial charge in [-0.25, -0.2) is 4.68 Å². The van der Waals surface area contributed by atoms with Crippen LogP contribution in [-0.2, 0) is 6.61 Å². The third kappa shape index (κ3) is 3.70. The number of aromatic nitrogens is 3. The van der Waals surface area contributed by atoms with Crippen molar-refractivity contribution in [1.29, 1.82) is 0 Å². The molecule has 0 aliphatic carbocycles. The molecule has 0 saturated carbocycles. The summed E-state index contributed by atoms with van der Waals surface area (Å²) in [6.45, 7) is 2.63. The lowest BCUT2D eigenvalue weighted by Crippen LogP contribution is -2.20. The molecule has 1 aromatic heterocycles. The first-order valence-corrected chi connectivity index (χ1v) is 9.98. The van der Waals surface area contributed by atoms with Crippen LogP contribution in [-0.4, -0.2) is 14.8 Å². The summed E-state index contributed by atoms with van der Waals surface area (Å²) in [4.78, 5) is 4.39. The average molecular weight is 394 g/mol. The minimum absolute atomic E-state index is 0.0691. The highest BCUT2D eigenvalue weighted by Crippen LogP contribution is 2.33. The molecule has 2 heterocycles. The van der Waals surface area contributed by atoms with Crippen LogP contribution in [0.5, 0.6) is 5.75 Å². The van der Waals surface area contributed by atoms with Crippen molar-refractivity contribution in [3.63, 3.8) is 0 Å². The Balaban J connectivity index is 1.45. The monoisotopic (exact) mass is 394 g/mol. The molecule has 4 aromatic rings. The molecular formula is C25H22N4O. The smallest absolute Gasteiger partial charge is 0.226 e. The van der Waals surface area contributed by atoms with Crippen LogP contribution < -0.4 is 10.1 Å². The van der Waals surface area contributed by atoms with Crippen LogP contribution in [0.25, 0.3) is 5.70 Å². The first-order valence-electron chi connectivity index (χ1n) is 9.98. The number of ether oxygens (including phenoxy) is 1. The molecule has 0 radical (unpaired) electrons. The fraction of sp³-hybridized carbons (Fsp3) is 0.120. The molecule has 3 aromatic carbocycles. The molecule has 1 aliphatic heterocycles. The Bertz CT molecular complexity index is 1180. The van der Waals surface area contributed by atoms with E-state index in [-0.39, 0.29) is 6.04 Å². The van der Waals surface area contributed by atoms with Crippen LogP contribution in [0.4, 0.5) is 5.95 Å². The molecule has 5 rings (SSSR count). The van der Waals surface area contributed by atoms with E-state index in [0.29, 0.717) is 6.61 Å². The number of rotatable bonds is 5. The summed E-state index contributed by atoms with van der Waals surface area (Å²) in [5, 5.41) is 7.83. The standard InChI is InChI=1S/C25H22N4O/c1-18-10-12-20(13-11-18)23-15-24(29-25(28-23)26-17-27-29)21-8-5-9-22(14-21)30-16-19-6-3-2-4-7-19/h2-15,17,24H,16H2,1H3,(H,26,27,28)/t24-/m0/s1. The van der Waals surface area contributed by atoms with Gasteiger partial charge in [-0.15, -0.1) is 0 Å². The van der Waals surface area contributed by atoms with Gasteiger partial charge in [0.05, 0.1) is 0 Å². The van der Waals surface area contributed by atoms with E-state index in [0.717, 1.165) is 34.1 Å². The number of nitrogens with one attached hydrogen (secondary N) is 1. The van der Waals surface area contributed by atoms with Crippen molar-refractivity contribution in [2.45, 2.75) is 19.6 Å². The third-order valence-electron chi connectivity index (χ3n) is 5.22. The van der Waals surface area contributed by atoms with Crippen LogP contribution in [0, 0.1) is 6.92 Å². The molecule has 0 bridgehead atoms. The first-order chi connectivity index (χ1) is 14.8. The second-order valence-corrected chi connectivity index (χ2v) is 7.39. The Morgan fingerprint density at radius 1 is 0.967 bits per heavy atom. The fourth-order valence-corrected chi connectivity index (χ4v) is 3.60. The van der Waals surface area contributed by atoms with E-state index in [1.807, 2.05) is 35.0 Å². The van der Waals surface area contributed by atoms with Crippen LogP contribution >= 0.6 is 0 Å². The van der Waals surface area contributed by atoms with Gasteiger partial charge in [0.15, 0.2) is 0 Å². The van der Waals surface area contributed by atoms with Crippen molar-refractivity contribution in [1.82, 2.24) is 14.8 Å². The van der Waals surface area contributed by atoms with Crippen LogP contribution in [0.3, 0.4) is 0 Å². The van der Waals surface area contributed by atoms with Crippen LogP contribution in [0.15, 0.2) is 91.3 Å². The molecule has 1 N–H and O–H groups in total. The van der Waals surface area contributed by atoms with Gasteiger partial charge in [0.2, 0.25) is 5.95 Å². The van der Waals surface area contributed by atoms with Crippen molar-refractivity contribution < 1.29 is 4.74 Å². The Labute approximate surface area is 175 Å². The Hall–Kier alpha value is -3.86. The topological polar surface area (TPSA) is 52.0 Å². The molecule has 0 amide bonds. The number of fused-ring (bicyclic) bond motifs is 1. The zero-order chi connectivity index (χ0) is 20.3. The third-order valence-corrected chi connectivity index (χ3v) is 5.22. The number of hydrogen-bond donors (Lipinski definition) is 1. The van der Waals surface area contributed by atoms with Gasteiger partial charge in [-0.3, -0.25) is 0 Å². The molecule has 30 heavy (non-hydrogen) atoms. The molecule has 0 spiro atoms. The number of benzene rings is 3. The van der Waals surface area contributed by atoms with Gasteiger partial charge in [-0.2, -0.15) is 10.1 Å². The highest BCUT2D eigenvalue weighted by Gasteiger charge is 2.23. The summed E-state index contributed by atoms with van der Waals surface area (Å²) in [5.74, 6) is 1.57. The van der Waals surface area contributed by atoms with E-state index in [1.54, 1.807) is 6.33 Å². The van der Waals surface area contributed by atoms with Crippen LogP contribution in [0.2, 0.25) is 0 Å². The second-order valence-electron chi connectivity index (χ2n) is 7.39. The second kappa shape index (κ2) is 7.87. The molecule has 0 unspecified atom stereocenters. The van der Waals surface area contributed by atoms with Crippen molar-refractivity contribution in [3.8, 4) is 5.75 Å². The number of anilines is 1. The highest BCUT2D eigenvalue weighted by molar-refractivity contribution is 5.77. The van der Waals surface area contributed by atoms with E-state index in [2.05, 4.69) is 76.9 Å². The number of hydrogen-bond acceptors (Lipinski definition) is 4. The summed E-state index contributed by atoms with van der Waals surface area (Å²) < 4.78 is 7.93. The zero-order valence-corrected chi connectivity index (χ0v) is 16.7. The number of nitrogens with zero attached hydrogens (tertiary/aromatic N) is 3. The van der Waals surface area contributed by atoms with Gasteiger partial charge in [0.25, 0.3) is 0 Å². The van der Waals surface area contributed by atoms with E-state index in [4.69, 9.17) is 4.74 Å². The molecule has 148 valence electrons. The summed E-state index contributed by atoms with van der Waals surface area (Å²) in [6, 6.07) is 26.8. The zero-order valence-electron chi connectivity index (χ0n) is 16.7. The summed E-state index contributed by atoms with van der Waals surface area (Å²) in [6.07, 6.45) is 3.76. The van der Waals surface area contributed by atoms with Gasteiger partial charge in [-0.1, -0.05) is 72.3 Å². The van der Waals surface area contributed by atoms with Gasteiger partial charge in [-0.05, 0) is 41.8 Å². The summed E-state index contributed by atoms with van der Waals surface area (Å²) >= 11 is 0. The maximum absolute atomic E-state index is 6.04. The van der Waals surface area contributed by atoms with E-state index < -0.39 is 0 Å². The van der Waals surface area contributed by atoms with E-state index in [9.17, 15) is 0 Å². The predicted molar refractivity (Wildman–Crippen MR) is 118 cm³/mol. The molecule has 0 fully saturated rings. The number of aryl methyl sites for hydroxylation is 1. The summed E-state index contributed by atoms with van der Waals surface area (Å²) in [7, 11) is 0. The van der Waals surface area contributed by atoms with Crippen molar-refractivity contribution >= 4 is 11.6 Å². The van der Waals surface area contributed by atoms with Crippen LogP contribution in [0.1, 0.15) is 28.3 Å². The first kappa shape index (κ1) is 18.2. The van der Waals surface area contributed by atoms with Gasteiger partial charge in [0, 0.05) is 5.70 Å². The lowest BCUT2D eigenvalue weighted by Gasteiger charge is -2.24. The Morgan fingerprint density at radius 3 is 2.63 bits per heavy atom. The predicted octanol–water partition coefficient (Wildman–Crippen LogP) is 5.22. The van der Waals surface area contributed by atoms with Crippen molar-refractivity contribution in [3.05, 3.63) is 114 Å². The van der Waals surface area contributed by atoms with E-state index >= 15 is 0 Å². The lowest BCUT2D eigenvalue weighted by molar-refractivity contribution is 0.305. The van der Waals surface area contributed by atoms with Gasteiger partial charge >= 0.3 is 0 Å². The molecule has 5 nitrogen and oxygen atoms in total. The minimum atomic E-state index is -0.0691.